The van der Waals surface area contributed by atoms with E-state index in [1.807, 2.05) is 36.5 Å². The fourth-order valence-corrected chi connectivity index (χ4v) is 4.75. The molecule has 4 rings (SSSR count). The van der Waals surface area contributed by atoms with Crippen LogP contribution in [0.3, 0.4) is 0 Å². The minimum atomic E-state index is -0.259. The standard InChI is InChI=1S/C30H38N2O2/c1-2-3-4-5-6-8-11-25-14-16-27(17-15-25)29(33)18-21-32-22-19-30(20-23-32)24-28(31-34-30)26-12-9-7-10-13-26/h7,9-10,12-18,21,24,31H,2-6,8,11,19-20,22-23H2,1H3. The molecule has 180 valence electrons. The van der Waals surface area contributed by atoms with Crippen molar-refractivity contribution in [2.75, 3.05) is 13.1 Å². The third-order valence-corrected chi connectivity index (χ3v) is 7.00. The predicted molar refractivity (Wildman–Crippen MR) is 139 cm³/mol. The molecule has 0 aliphatic carbocycles. The van der Waals surface area contributed by atoms with E-state index in [2.05, 4.69) is 47.6 Å². The number of allylic oxidation sites excluding steroid dienone is 1. The second-order valence-corrected chi connectivity index (χ2v) is 9.62. The van der Waals surface area contributed by atoms with Crippen LogP contribution in [0.4, 0.5) is 0 Å². The van der Waals surface area contributed by atoms with E-state index < -0.39 is 0 Å². The average molecular weight is 459 g/mol. The monoisotopic (exact) mass is 458 g/mol. The highest BCUT2D eigenvalue weighted by atomic mass is 16.7. The summed E-state index contributed by atoms with van der Waals surface area (Å²) >= 11 is 0. The Kier molecular flexibility index (Phi) is 8.59. The average Bonchev–Trinajstić information content (AvgIpc) is 3.30. The Morgan fingerprint density at radius 1 is 0.971 bits per heavy atom. The van der Waals surface area contributed by atoms with Crippen LogP contribution in [0.1, 0.15) is 79.8 Å². The van der Waals surface area contributed by atoms with Crippen molar-refractivity contribution in [3.05, 3.63) is 89.6 Å². The number of hydrogen-bond donors (Lipinski definition) is 1. The first-order chi connectivity index (χ1) is 16.7. The topological polar surface area (TPSA) is 41.6 Å². The smallest absolute Gasteiger partial charge is 0.187 e. The molecular weight excluding hydrogens is 420 g/mol. The second kappa shape index (κ2) is 12.0. The number of likely N-dealkylation sites (tertiary alicyclic amines) is 1. The lowest BCUT2D eigenvalue weighted by atomic mass is 9.90. The first-order valence-corrected chi connectivity index (χ1v) is 13.0. The first-order valence-electron chi connectivity index (χ1n) is 13.0. The molecular formula is C30H38N2O2. The van der Waals surface area contributed by atoms with Crippen LogP contribution in [-0.2, 0) is 11.3 Å². The van der Waals surface area contributed by atoms with Crippen molar-refractivity contribution in [3.8, 4) is 0 Å². The first kappa shape index (κ1) is 24.3. The van der Waals surface area contributed by atoms with E-state index in [-0.39, 0.29) is 11.4 Å². The zero-order valence-corrected chi connectivity index (χ0v) is 20.5. The third-order valence-electron chi connectivity index (χ3n) is 7.00. The van der Waals surface area contributed by atoms with Crippen molar-refractivity contribution in [1.82, 2.24) is 10.4 Å². The summed E-state index contributed by atoms with van der Waals surface area (Å²) in [6.45, 7) is 3.98. The van der Waals surface area contributed by atoms with Gasteiger partial charge in [-0.1, -0.05) is 93.6 Å². The Labute approximate surface area is 204 Å². The van der Waals surface area contributed by atoms with Gasteiger partial charge in [0.1, 0.15) is 5.60 Å². The number of nitrogens with one attached hydrogen (secondary N) is 1. The molecule has 2 aromatic rings. The third kappa shape index (κ3) is 6.60. The van der Waals surface area contributed by atoms with E-state index in [4.69, 9.17) is 4.84 Å². The van der Waals surface area contributed by atoms with E-state index in [1.165, 1.54) is 44.1 Å². The molecule has 0 radical (unpaired) electrons. The van der Waals surface area contributed by atoms with Crippen LogP contribution >= 0.6 is 0 Å². The van der Waals surface area contributed by atoms with E-state index in [9.17, 15) is 4.79 Å². The van der Waals surface area contributed by atoms with Gasteiger partial charge in [0.25, 0.3) is 0 Å². The molecule has 34 heavy (non-hydrogen) atoms. The molecule has 2 aromatic carbocycles. The molecule has 0 amide bonds. The summed E-state index contributed by atoms with van der Waals surface area (Å²) in [6.07, 6.45) is 16.6. The Balaban J connectivity index is 1.22. The molecule has 0 aromatic heterocycles. The van der Waals surface area contributed by atoms with Gasteiger partial charge in [0.15, 0.2) is 5.78 Å². The molecule has 1 spiro atoms. The molecule has 2 aliphatic heterocycles. The van der Waals surface area contributed by atoms with E-state index in [0.29, 0.717) is 0 Å². The summed E-state index contributed by atoms with van der Waals surface area (Å²) in [4.78, 5) is 20.9. The van der Waals surface area contributed by atoms with Crippen molar-refractivity contribution >= 4 is 11.5 Å². The van der Waals surface area contributed by atoms with Crippen molar-refractivity contribution in [2.45, 2.75) is 70.3 Å². The number of hydroxylamine groups is 1. The van der Waals surface area contributed by atoms with Crippen LogP contribution in [0, 0.1) is 0 Å². The van der Waals surface area contributed by atoms with Crippen molar-refractivity contribution in [2.24, 2.45) is 0 Å². The number of hydrogen-bond acceptors (Lipinski definition) is 4. The number of aryl methyl sites for hydroxylation is 1. The normalized spacial score (nSPS) is 17.2. The van der Waals surface area contributed by atoms with E-state index in [1.54, 1.807) is 6.08 Å². The largest absolute Gasteiger partial charge is 0.377 e. The number of piperidine rings is 1. The molecule has 0 unspecified atom stereocenters. The number of carbonyl (C=O) groups excluding carboxylic acids is 1. The summed E-state index contributed by atoms with van der Waals surface area (Å²) in [7, 11) is 0. The zero-order valence-electron chi connectivity index (χ0n) is 20.5. The van der Waals surface area contributed by atoms with Gasteiger partial charge in [-0.15, -0.1) is 0 Å². The number of carbonyl (C=O) groups is 1. The minimum Gasteiger partial charge on any atom is -0.377 e. The molecule has 0 saturated carbocycles. The molecule has 0 atom stereocenters. The second-order valence-electron chi connectivity index (χ2n) is 9.62. The van der Waals surface area contributed by atoms with Crippen LogP contribution in [0.15, 0.2) is 72.9 Å². The number of rotatable bonds is 11. The fourth-order valence-electron chi connectivity index (χ4n) is 4.75. The van der Waals surface area contributed by atoms with Crippen molar-refractivity contribution < 1.29 is 9.63 Å². The molecule has 4 heteroatoms. The minimum absolute atomic E-state index is 0.0662. The summed E-state index contributed by atoms with van der Waals surface area (Å²) in [6, 6.07) is 18.4. The maximum absolute atomic E-state index is 12.7. The van der Waals surface area contributed by atoms with E-state index >= 15 is 0 Å². The highest BCUT2D eigenvalue weighted by molar-refractivity contribution is 6.04. The summed E-state index contributed by atoms with van der Waals surface area (Å²) in [5.41, 5.74) is 7.13. The van der Waals surface area contributed by atoms with Gasteiger partial charge in [-0.2, -0.15) is 0 Å². The van der Waals surface area contributed by atoms with Gasteiger partial charge in [-0.05, 0) is 30.0 Å². The van der Waals surface area contributed by atoms with Crippen LogP contribution in [0.2, 0.25) is 0 Å². The lowest BCUT2D eigenvalue weighted by molar-refractivity contribution is -0.0639. The molecule has 4 nitrogen and oxygen atoms in total. The predicted octanol–water partition coefficient (Wildman–Crippen LogP) is 6.70. The quantitative estimate of drug-likeness (QED) is 0.231. The highest BCUT2D eigenvalue weighted by Gasteiger charge is 2.38. The van der Waals surface area contributed by atoms with Gasteiger partial charge < -0.3 is 4.90 Å². The highest BCUT2D eigenvalue weighted by Crippen LogP contribution is 2.34. The summed E-state index contributed by atoms with van der Waals surface area (Å²) < 4.78 is 0. The Morgan fingerprint density at radius 2 is 1.68 bits per heavy atom. The molecule has 1 fully saturated rings. The van der Waals surface area contributed by atoms with Gasteiger partial charge in [0.05, 0.1) is 5.70 Å². The molecule has 1 saturated heterocycles. The molecule has 2 aliphatic rings. The van der Waals surface area contributed by atoms with Gasteiger partial charge >= 0.3 is 0 Å². The fraction of sp³-hybridized carbons (Fsp3) is 0.433. The van der Waals surface area contributed by atoms with Gasteiger partial charge in [-0.3, -0.25) is 15.1 Å². The molecule has 2 heterocycles. The lowest BCUT2D eigenvalue weighted by Gasteiger charge is -2.36. The zero-order chi connectivity index (χ0) is 23.6. The van der Waals surface area contributed by atoms with Crippen molar-refractivity contribution in [1.29, 1.82) is 0 Å². The maximum Gasteiger partial charge on any atom is 0.187 e. The van der Waals surface area contributed by atoms with Crippen LogP contribution in [0.5, 0.6) is 0 Å². The van der Waals surface area contributed by atoms with Crippen LogP contribution in [-0.4, -0.2) is 29.4 Å². The molecule has 0 bridgehead atoms. The lowest BCUT2D eigenvalue weighted by Crippen LogP contribution is -2.42. The number of nitrogens with zero attached hydrogens (tertiary/aromatic N) is 1. The SMILES string of the molecule is CCCCCCCCc1ccc(C(=O)C=CN2CCC3(C=C(c4ccccc4)NO3)CC2)cc1. The van der Waals surface area contributed by atoms with E-state index in [0.717, 1.165) is 49.2 Å². The summed E-state index contributed by atoms with van der Waals surface area (Å²) in [5, 5.41) is 0. The van der Waals surface area contributed by atoms with Crippen molar-refractivity contribution in [3.63, 3.8) is 0 Å². The number of benzene rings is 2. The van der Waals surface area contributed by atoms with Gasteiger partial charge in [0.2, 0.25) is 0 Å². The van der Waals surface area contributed by atoms with Gasteiger partial charge in [-0.25, -0.2) is 0 Å². The number of unbranched alkanes of at least 4 members (excludes halogenated alkanes) is 5. The van der Waals surface area contributed by atoms with Crippen LogP contribution in [0.25, 0.3) is 5.70 Å². The van der Waals surface area contributed by atoms with Crippen LogP contribution < -0.4 is 5.48 Å². The summed E-state index contributed by atoms with van der Waals surface area (Å²) in [5.74, 6) is 0.0662. The Bertz CT molecular complexity index is 971. The Hall–Kier alpha value is -2.85. The molecule has 1 N–H and O–H groups in total. The number of ketones is 1. The maximum atomic E-state index is 12.7. The Morgan fingerprint density at radius 3 is 2.41 bits per heavy atom. The van der Waals surface area contributed by atoms with Gasteiger partial charge in [0, 0.05) is 43.8 Å².